The molecule has 6 nitrogen and oxygen atoms in total. The second-order valence-electron chi connectivity index (χ2n) is 6.27. The zero-order valence-corrected chi connectivity index (χ0v) is 15.7. The van der Waals surface area contributed by atoms with Crippen molar-refractivity contribution in [2.75, 3.05) is 33.2 Å². The Morgan fingerprint density at radius 3 is 2.42 bits per heavy atom. The van der Waals surface area contributed by atoms with Crippen LogP contribution < -0.4 is 10.6 Å². The highest BCUT2D eigenvalue weighted by atomic mass is 32.1. The van der Waals surface area contributed by atoms with Crippen LogP contribution in [-0.4, -0.2) is 55.0 Å². The molecule has 2 N–H and O–H groups in total. The lowest BCUT2D eigenvalue weighted by atomic mass is 10.0. The molecule has 1 aromatic carbocycles. The fraction of sp³-hybridized carbons (Fsp3) is 0.368. The molecule has 2 aromatic rings. The SMILES string of the molecule is CNC(=O)NC(=O)[C@@H](c1ccccc1)N1CCN(Cc2cccs2)CC1. The summed E-state index contributed by atoms with van der Waals surface area (Å²) in [6.07, 6.45) is 0. The molecule has 0 spiro atoms. The van der Waals surface area contributed by atoms with E-state index in [0.717, 1.165) is 38.3 Å². The van der Waals surface area contributed by atoms with E-state index in [1.807, 2.05) is 30.3 Å². The molecular weight excluding hydrogens is 348 g/mol. The topological polar surface area (TPSA) is 64.7 Å². The van der Waals surface area contributed by atoms with Gasteiger partial charge in [-0.25, -0.2) is 4.79 Å². The average molecular weight is 372 g/mol. The van der Waals surface area contributed by atoms with Crippen molar-refractivity contribution in [3.8, 4) is 0 Å². The highest BCUT2D eigenvalue weighted by Gasteiger charge is 2.31. The first-order valence-electron chi connectivity index (χ1n) is 8.73. The van der Waals surface area contributed by atoms with Gasteiger partial charge in [0.2, 0.25) is 5.91 Å². The van der Waals surface area contributed by atoms with Crippen LogP contribution in [0.1, 0.15) is 16.5 Å². The predicted molar refractivity (Wildman–Crippen MR) is 103 cm³/mol. The number of carbonyl (C=O) groups is 2. The Morgan fingerprint density at radius 1 is 1.08 bits per heavy atom. The average Bonchev–Trinajstić information content (AvgIpc) is 3.17. The van der Waals surface area contributed by atoms with Gasteiger partial charge in [0.05, 0.1) is 0 Å². The molecule has 1 aliphatic rings. The standard InChI is InChI=1S/C19H24N4O2S/c1-20-19(25)21-18(24)17(15-6-3-2-4-7-15)23-11-9-22(10-12-23)14-16-8-5-13-26-16/h2-8,13,17H,9-12,14H2,1H3,(H2,20,21,24,25)/t17-/m1/s1. The third-order valence-electron chi connectivity index (χ3n) is 4.56. The Hall–Kier alpha value is -2.22. The smallest absolute Gasteiger partial charge is 0.321 e. The molecule has 138 valence electrons. The second-order valence-corrected chi connectivity index (χ2v) is 7.31. The molecule has 1 saturated heterocycles. The van der Waals surface area contributed by atoms with Crippen LogP contribution in [0.25, 0.3) is 0 Å². The Bertz CT molecular complexity index is 712. The Labute approximate surface area is 157 Å². The molecule has 3 amide bonds. The van der Waals surface area contributed by atoms with Crippen molar-refractivity contribution in [2.24, 2.45) is 0 Å². The van der Waals surface area contributed by atoms with Crippen LogP contribution in [0.4, 0.5) is 4.79 Å². The summed E-state index contributed by atoms with van der Waals surface area (Å²) in [6.45, 7) is 4.31. The van der Waals surface area contributed by atoms with Gasteiger partial charge in [-0.15, -0.1) is 11.3 Å². The third-order valence-corrected chi connectivity index (χ3v) is 5.42. The predicted octanol–water partition coefficient (Wildman–Crippen LogP) is 2.06. The van der Waals surface area contributed by atoms with Crippen LogP contribution in [0.3, 0.4) is 0 Å². The zero-order chi connectivity index (χ0) is 18.4. The summed E-state index contributed by atoms with van der Waals surface area (Å²) in [5.74, 6) is -0.290. The molecule has 1 aliphatic heterocycles. The van der Waals surface area contributed by atoms with Gasteiger partial charge in [-0.3, -0.25) is 19.9 Å². The van der Waals surface area contributed by atoms with Gasteiger partial charge >= 0.3 is 6.03 Å². The van der Waals surface area contributed by atoms with Crippen molar-refractivity contribution in [3.63, 3.8) is 0 Å². The summed E-state index contributed by atoms with van der Waals surface area (Å²) in [4.78, 5) is 30.2. The van der Waals surface area contributed by atoms with Gasteiger partial charge in [-0.2, -0.15) is 0 Å². The first-order chi connectivity index (χ1) is 12.7. The number of benzene rings is 1. The van der Waals surface area contributed by atoms with Crippen LogP contribution in [0.15, 0.2) is 47.8 Å². The lowest BCUT2D eigenvalue weighted by molar-refractivity contribution is -0.126. The van der Waals surface area contributed by atoms with Crippen LogP contribution in [0.5, 0.6) is 0 Å². The quantitative estimate of drug-likeness (QED) is 0.843. The van der Waals surface area contributed by atoms with Crippen LogP contribution >= 0.6 is 11.3 Å². The number of nitrogens with zero attached hydrogens (tertiary/aromatic N) is 2. The van der Waals surface area contributed by atoms with Gasteiger partial charge in [-0.1, -0.05) is 36.4 Å². The summed E-state index contributed by atoms with van der Waals surface area (Å²) < 4.78 is 0. The zero-order valence-electron chi connectivity index (χ0n) is 14.9. The van der Waals surface area contributed by atoms with Crippen molar-refractivity contribution in [3.05, 3.63) is 58.3 Å². The molecule has 1 fully saturated rings. The van der Waals surface area contributed by atoms with Gasteiger partial charge in [0.1, 0.15) is 6.04 Å². The molecule has 3 rings (SSSR count). The first kappa shape index (κ1) is 18.6. The van der Waals surface area contributed by atoms with Crippen molar-refractivity contribution < 1.29 is 9.59 Å². The minimum Gasteiger partial charge on any atom is -0.341 e. The summed E-state index contributed by atoms with van der Waals surface area (Å²) in [5.41, 5.74) is 0.903. The van der Waals surface area contributed by atoms with Crippen LogP contribution in [0.2, 0.25) is 0 Å². The minimum atomic E-state index is -0.479. The van der Waals surface area contributed by atoms with Crippen LogP contribution in [-0.2, 0) is 11.3 Å². The van der Waals surface area contributed by atoms with E-state index in [4.69, 9.17) is 0 Å². The molecule has 7 heteroatoms. The van der Waals surface area contributed by atoms with E-state index in [2.05, 4.69) is 37.9 Å². The van der Waals surface area contributed by atoms with E-state index in [1.54, 1.807) is 11.3 Å². The number of hydrogen-bond acceptors (Lipinski definition) is 5. The summed E-state index contributed by atoms with van der Waals surface area (Å²) in [6, 6.07) is 12.9. The summed E-state index contributed by atoms with van der Waals surface area (Å²) in [5, 5.41) is 6.97. The van der Waals surface area contributed by atoms with Gasteiger partial charge in [0.15, 0.2) is 0 Å². The van der Waals surface area contributed by atoms with Crippen molar-refractivity contribution in [1.29, 1.82) is 0 Å². The number of nitrogens with one attached hydrogen (secondary N) is 2. The van der Waals surface area contributed by atoms with Gasteiger partial charge in [0, 0.05) is 44.6 Å². The van der Waals surface area contributed by atoms with Gasteiger partial charge < -0.3 is 5.32 Å². The van der Waals surface area contributed by atoms with E-state index in [1.165, 1.54) is 11.9 Å². The summed E-state index contributed by atoms with van der Waals surface area (Å²) >= 11 is 1.77. The van der Waals surface area contributed by atoms with E-state index < -0.39 is 12.1 Å². The lowest BCUT2D eigenvalue weighted by Gasteiger charge is -2.38. The Balaban J connectivity index is 1.67. The number of carbonyl (C=O) groups excluding carboxylic acids is 2. The molecule has 1 aromatic heterocycles. The molecule has 0 unspecified atom stereocenters. The number of imide groups is 1. The lowest BCUT2D eigenvalue weighted by Crippen LogP contribution is -2.52. The number of urea groups is 1. The van der Waals surface area contributed by atoms with Crippen LogP contribution in [0, 0.1) is 0 Å². The number of rotatable bonds is 5. The van der Waals surface area contributed by atoms with Gasteiger partial charge in [-0.05, 0) is 17.0 Å². The number of piperazine rings is 1. The van der Waals surface area contributed by atoms with Crippen molar-refractivity contribution in [2.45, 2.75) is 12.6 Å². The maximum atomic E-state index is 12.7. The molecule has 0 bridgehead atoms. The molecule has 0 aliphatic carbocycles. The normalized spacial score (nSPS) is 16.8. The number of amides is 3. The highest BCUT2D eigenvalue weighted by molar-refractivity contribution is 7.09. The van der Waals surface area contributed by atoms with E-state index in [0.29, 0.717) is 0 Å². The third kappa shape index (κ3) is 4.69. The maximum absolute atomic E-state index is 12.7. The Kier molecular flexibility index (Phi) is 6.38. The monoisotopic (exact) mass is 372 g/mol. The number of thiophene rings is 1. The van der Waals surface area contributed by atoms with E-state index >= 15 is 0 Å². The first-order valence-corrected chi connectivity index (χ1v) is 9.61. The van der Waals surface area contributed by atoms with E-state index in [-0.39, 0.29) is 5.91 Å². The van der Waals surface area contributed by atoms with Gasteiger partial charge in [0.25, 0.3) is 0 Å². The van der Waals surface area contributed by atoms with Crippen molar-refractivity contribution >= 4 is 23.3 Å². The molecular formula is C19H24N4O2S. The number of hydrogen-bond donors (Lipinski definition) is 2. The molecule has 26 heavy (non-hydrogen) atoms. The largest absolute Gasteiger partial charge is 0.341 e. The molecule has 2 heterocycles. The Morgan fingerprint density at radius 2 is 1.81 bits per heavy atom. The fourth-order valence-corrected chi connectivity index (χ4v) is 3.95. The maximum Gasteiger partial charge on any atom is 0.321 e. The second kappa shape index (κ2) is 8.93. The van der Waals surface area contributed by atoms with Crippen molar-refractivity contribution in [1.82, 2.24) is 20.4 Å². The molecule has 0 saturated carbocycles. The van der Waals surface area contributed by atoms with E-state index in [9.17, 15) is 9.59 Å². The molecule has 0 radical (unpaired) electrons. The highest BCUT2D eigenvalue weighted by Crippen LogP contribution is 2.23. The summed E-state index contributed by atoms with van der Waals surface area (Å²) in [7, 11) is 1.50. The molecule has 1 atom stereocenters. The fourth-order valence-electron chi connectivity index (χ4n) is 3.21. The minimum absolute atomic E-state index is 0.290.